The summed E-state index contributed by atoms with van der Waals surface area (Å²) in [6.45, 7) is 10.2. The Kier molecular flexibility index (Phi) is 5.46. The summed E-state index contributed by atoms with van der Waals surface area (Å²) in [5.74, 6) is 1.82. The van der Waals surface area contributed by atoms with Crippen molar-refractivity contribution in [2.75, 3.05) is 19.6 Å². The fourth-order valence-corrected chi connectivity index (χ4v) is 2.80. The van der Waals surface area contributed by atoms with E-state index in [1.165, 1.54) is 32.4 Å². The highest BCUT2D eigenvalue weighted by Gasteiger charge is 2.26. The Bertz CT molecular complexity index is 344. The van der Waals surface area contributed by atoms with Gasteiger partial charge in [-0.1, -0.05) is 20.3 Å². The van der Waals surface area contributed by atoms with Gasteiger partial charge in [0.05, 0.1) is 12.3 Å². The molecule has 3 nitrogen and oxygen atoms in total. The summed E-state index contributed by atoms with van der Waals surface area (Å²) in [6.07, 6.45) is 5.65. The first-order chi connectivity index (χ1) is 9.22. The predicted octanol–water partition coefficient (Wildman–Crippen LogP) is 3.44. The van der Waals surface area contributed by atoms with Crippen molar-refractivity contribution in [3.63, 3.8) is 0 Å². The highest BCUT2D eigenvalue weighted by Crippen LogP contribution is 2.25. The SMILES string of the molecule is CCC(C)C(C)NCC(c1ccco1)N1CCCC1. The molecule has 2 rings (SSSR count). The smallest absolute Gasteiger partial charge is 0.122 e. The highest BCUT2D eigenvalue weighted by atomic mass is 16.3. The lowest BCUT2D eigenvalue weighted by molar-refractivity contribution is 0.200. The van der Waals surface area contributed by atoms with E-state index in [9.17, 15) is 0 Å². The second kappa shape index (κ2) is 7.11. The molecule has 0 amide bonds. The summed E-state index contributed by atoms with van der Waals surface area (Å²) in [5.41, 5.74) is 0. The van der Waals surface area contributed by atoms with Crippen molar-refractivity contribution in [2.45, 2.75) is 52.1 Å². The van der Waals surface area contributed by atoms with E-state index in [-0.39, 0.29) is 0 Å². The first-order valence-corrected chi connectivity index (χ1v) is 7.73. The minimum Gasteiger partial charge on any atom is -0.468 e. The lowest BCUT2D eigenvalue weighted by atomic mass is 10.0. The lowest BCUT2D eigenvalue weighted by Crippen LogP contribution is -2.39. The van der Waals surface area contributed by atoms with Crippen LogP contribution in [0.4, 0.5) is 0 Å². The summed E-state index contributed by atoms with van der Waals surface area (Å²) < 4.78 is 5.65. The second-order valence-corrected chi connectivity index (χ2v) is 5.86. The van der Waals surface area contributed by atoms with Crippen LogP contribution in [-0.2, 0) is 0 Å². The van der Waals surface area contributed by atoms with Gasteiger partial charge in [-0.3, -0.25) is 4.90 Å². The number of rotatable bonds is 7. The topological polar surface area (TPSA) is 28.4 Å². The van der Waals surface area contributed by atoms with Gasteiger partial charge in [-0.05, 0) is 50.9 Å². The monoisotopic (exact) mass is 264 g/mol. The maximum absolute atomic E-state index is 5.65. The van der Waals surface area contributed by atoms with Gasteiger partial charge in [0, 0.05) is 12.6 Å². The summed E-state index contributed by atoms with van der Waals surface area (Å²) in [7, 11) is 0. The minimum absolute atomic E-state index is 0.393. The van der Waals surface area contributed by atoms with Crippen LogP contribution in [0.1, 0.15) is 51.8 Å². The van der Waals surface area contributed by atoms with Gasteiger partial charge in [0.1, 0.15) is 5.76 Å². The van der Waals surface area contributed by atoms with Crippen molar-refractivity contribution in [1.82, 2.24) is 10.2 Å². The number of hydrogen-bond donors (Lipinski definition) is 1. The van der Waals surface area contributed by atoms with Crippen molar-refractivity contribution in [1.29, 1.82) is 0 Å². The van der Waals surface area contributed by atoms with Gasteiger partial charge >= 0.3 is 0 Å². The zero-order valence-electron chi connectivity index (χ0n) is 12.6. The number of likely N-dealkylation sites (tertiary alicyclic amines) is 1. The van der Waals surface area contributed by atoms with E-state index >= 15 is 0 Å². The van der Waals surface area contributed by atoms with Gasteiger partial charge < -0.3 is 9.73 Å². The Morgan fingerprint density at radius 2 is 2.05 bits per heavy atom. The summed E-state index contributed by atoms with van der Waals surface area (Å²) >= 11 is 0. The molecule has 1 aliphatic rings. The molecular weight excluding hydrogens is 236 g/mol. The van der Waals surface area contributed by atoms with Crippen LogP contribution >= 0.6 is 0 Å². The van der Waals surface area contributed by atoms with Crippen molar-refractivity contribution >= 4 is 0 Å². The molecule has 0 bridgehead atoms. The van der Waals surface area contributed by atoms with Gasteiger partial charge in [-0.2, -0.15) is 0 Å². The Hall–Kier alpha value is -0.800. The Balaban J connectivity index is 1.94. The van der Waals surface area contributed by atoms with Crippen LogP contribution in [0.25, 0.3) is 0 Å². The number of hydrogen-bond acceptors (Lipinski definition) is 3. The fourth-order valence-electron chi connectivity index (χ4n) is 2.80. The molecule has 3 unspecified atom stereocenters. The molecule has 1 saturated heterocycles. The average molecular weight is 264 g/mol. The number of nitrogens with zero attached hydrogens (tertiary/aromatic N) is 1. The Labute approximate surface area is 117 Å². The van der Waals surface area contributed by atoms with Crippen molar-refractivity contribution in [2.24, 2.45) is 5.92 Å². The maximum atomic E-state index is 5.65. The van der Waals surface area contributed by atoms with E-state index in [4.69, 9.17) is 4.42 Å². The van der Waals surface area contributed by atoms with Crippen molar-refractivity contribution < 1.29 is 4.42 Å². The average Bonchev–Trinajstić information content (AvgIpc) is 3.11. The molecule has 1 aromatic rings. The van der Waals surface area contributed by atoms with Crippen LogP contribution in [0.15, 0.2) is 22.8 Å². The molecule has 0 saturated carbocycles. The molecule has 3 atom stereocenters. The van der Waals surface area contributed by atoms with Crippen LogP contribution in [0.5, 0.6) is 0 Å². The molecule has 0 spiro atoms. The predicted molar refractivity (Wildman–Crippen MR) is 79.2 cm³/mol. The Morgan fingerprint density at radius 1 is 1.32 bits per heavy atom. The molecule has 1 aromatic heterocycles. The highest BCUT2D eigenvalue weighted by molar-refractivity contribution is 5.06. The molecule has 108 valence electrons. The summed E-state index contributed by atoms with van der Waals surface area (Å²) in [4.78, 5) is 2.55. The van der Waals surface area contributed by atoms with E-state index < -0.39 is 0 Å². The molecule has 1 fully saturated rings. The molecular formula is C16H28N2O. The van der Waals surface area contributed by atoms with Crippen LogP contribution in [0, 0.1) is 5.92 Å². The van der Waals surface area contributed by atoms with Crippen LogP contribution in [0.3, 0.4) is 0 Å². The zero-order chi connectivity index (χ0) is 13.7. The first-order valence-electron chi connectivity index (χ1n) is 7.73. The molecule has 19 heavy (non-hydrogen) atoms. The minimum atomic E-state index is 0.393. The van der Waals surface area contributed by atoms with Gasteiger partial charge in [0.2, 0.25) is 0 Å². The molecule has 0 radical (unpaired) electrons. The van der Waals surface area contributed by atoms with Crippen molar-refractivity contribution in [3.05, 3.63) is 24.2 Å². The van der Waals surface area contributed by atoms with E-state index in [0.717, 1.165) is 18.2 Å². The van der Waals surface area contributed by atoms with E-state index in [1.54, 1.807) is 6.26 Å². The lowest BCUT2D eigenvalue weighted by Gasteiger charge is -2.29. The van der Waals surface area contributed by atoms with Crippen LogP contribution in [0.2, 0.25) is 0 Å². The molecule has 0 aliphatic carbocycles. The van der Waals surface area contributed by atoms with Gasteiger partial charge in [0.25, 0.3) is 0 Å². The molecule has 1 N–H and O–H groups in total. The quantitative estimate of drug-likeness (QED) is 0.817. The summed E-state index contributed by atoms with van der Waals surface area (Å²) in [5, 5.41) is 3.70. The molecule has 3 heteroatoms. The maximum Gasteiger partial charge on any atom is 0.122 e. The van der Waals surface area contributed by atoms with Crippen molar-refractivity contribution in [3.8, 4) is 0 Å². The molecule has 0 aromatic carbocycles. The largest absolute Gasteiger partial charge is 0.468 e. The van der Waals surface area contributed by atoms with Crippen LogP contribution in [-0.4, -0.2) is 30.6 Å². The van der Waals surface area contributed by atoms with Gasteiger partial charge in [-0.15, -0.1) is 0 Å². The molecule has 1 aliphatic heterocycles. The van der Waals surface area contributed by atoms with Gasteiger partial charge in [-0.25, -0.2) is 0 Å². The fraction of sp³-hybridized carbons (Fsp3) is 0.750. The number of nitrogens with one attached hydrogen (secondary N) is 1. The normalized spacial score (nSPS) is 21.4. The van der Waals surface area contributed by atoms with Crippen LogP contribution < -0.4 is 5.32 Å². The third-order valence-electron chi connectivity index (χ3n) is 4.58. The first kappa shape index (κ1) is 14.6. The number of furan rings is 1. The zero-order valence-corrected chi connectivity index (χ0v) is 12.6. The van der Waals surface area contributed by atoms with E-state index in [0.29, 0.717) is 12.1 Å². The third-order valence-corrected chi connectivity index (χ3v) is 4.58. The van der Waals surface area contributed by atoms with Gasteiger partial charge in [0.15, 0.2) is 0 Å². The third kappa shape index (κ3) is 3.83. The Morgan fingerprint density at radius 3 is 2.63 bits per heavy atom. The summed E-state index contributed by atoms with van der Waals surface area (Å²) in [6, 6.07) is 5.06. The second-order valence-electron chi connectivity index (χ2n) is 5.86. The van der Waals surface area contributed by atoms with E-state index in [2.05, 4.69) is 37.1 Å². The standard InChI is InChI=1S/C16H28N2O/c1-4-13(2)14(3)17-12-15(16-8-7-11-19-16)18-9-5-6-10-18/h7-8,11,13-15,17H,4-6,9-10,12H2,1-3H3. The van der Waals surface area contributed by atoms with E-state index in [1.807, 2.05) is 6.07 Å². The molecule has 2 heterocycles.